The highest BCUT2D eigenvalue weighted by Gasteiger charge is 2.19. The molecular formula is C22H40IN5. The van der Waals surface area contributed by atoms with Gasteiger partial charge >= 0.3 is 0 Å². The number of halogens is 1. The van der Waals surface area contributed by atoms with E-state index >= 15 is 0 Å². The number of hydrogen-bond acceptors (Lipinski definition) is 3. The Morgan fingerprint density at radius 3 is 2.21 bits per heavy atom. The topological polar surface area (TPSA) is 42.9 Å². The van der Waals surface area contributed by atoms with Crippen molar-refractivity contribution in [1.29, 1.82) is 0 Å². The number of piperidine rings is 1. The van der Waals surface area contributed by atoms with Crippen LogP contribution < -0.4 is 10.6 Å². The molecule has 1 aromatic rings. The fourth-order valence-electron chi connectivity index (χ4n) is 3.78. The third-order valence-electron chi connectivity index (χ3n) is 5.04. The van der Waals surface area contributed by atoms with E-state index in [0.29, 0.717) is 0 Å². The van der Waals surface area contributed by atoms with Gasteiger partial charge in [0.05, 0.1) is 0 Å². The predicted octanol–water partition coefficient (Wildman–Crippen LogP) is 3.54. The minimum absolute atomic E-state index is 0. The van der Waals surface area contributed by atoms with E-state index in [4.69, 9.17) is 0 Å². The Bertz CT molecular complexity index is 577. The first-order valence-electron chi connectivity index (χ1n) is 10.3. The average Bonchev–Trinajstić information content (AvgIpc) is 2.63. The normalized spacial score (nSPS) is 16.0. The Morgan fingerprint density at radius 1 is 1.04 bits per heavy atom. The van der Waals surface area contributed by atoms with Gasteiger partial charge in [0.1, 0.15) is 0 Å². The molecule has 0 amide bonds. The van der Waals surface area contributed by atoms with Crippen molar-refractivity contribution in [2.24, 2.45) is 10.4 Å². The summed E-state index contributed by atoms with van der Waals surface area (Å²) in [6, 6.07) is 9.00. The monoisotopic (exact) mass is 501 g/mol. The van der Waals surface area contributed by atoms with Crippen LogP contribution in [0.15, 0.2) is 29.3 Å². The van der Waals surface area contributed by atoms with Crippen molar-refractivity contribution in [3.63, 3.8) is 0 Å². The Labute approximate surface area is 189 Å². The number of guanidine groups is 1. The molecule has 2 N–H and O–H groups in total. The smallest absolute Gasteiger partial charge is 0.191 e. The number of nitrogens with zero attached hydrogens (tertiary/aromatic N) is 3. The molecule has 0 radical (unpaired) electrons. The van der Waals surface area contributed by atoms with Crippen LogP contribution in [-0.2, 0) is 13.1 Å². The van der Waals surface area contributed by atoms with E-state index < -0.39 is 0 Å². The average molecular weight is 502 g/mol. The molecule has 0 aliphatic carbocycles. The maximum atomic E-state index is 4.35. The highest BCUT2D eigenvalue weighted by atomic mass is 127. The molecule has 1 saturated heterocycles. The molecule has 160 valence electrons. The summed E-state index contributed by atoms with van der Waals surface area (Å²) >= 11 is 0. The third-order valence-corrected chi connectivity index (χ3v) is 5.04. The molecule has 1 aliphatic heterocycles. The molecule has 0 saturated carbocycles. The van der Waals surface area contributed by atoms with Gasteiger partial charge in [0, 0.05) is 33.2 Å². The first-order chi connectivity index (χ1) is 12.9. The Morgan fingerprint density at radius 2 is 1.64 bits per heavy atom. The first-order valence-corrected chi connectivity index (χ1v) is 10.3. The lowest BCUT2D eigenvalue weighted by Gasteiger charge is -2.29. The van der Waals surface area contributed by atoms with Crippen LogP contribution in [0.1, 0.15) is 44.2 Å². The lowest BCUT2D eigenvalue weighted by molar-refractivity contribution is 0.221. The maximum Gasteiger partial charge on any atom is 0.191 e. The fraction of sp³-hybridized carbons (Fsp3) is 0.682. The summed E-state index contributed by atoms with van der Waals surface area (Å²) in [5, 5.41) is 6.88. The van der Waals surface area contributed by atoms with E-state index in [1.807, 2.05) is 7.05 Å². The summed E-state index contributed by atoms with van der Waals surface area (Å²) in [7, 11) is 6.06. The minimum atomic E-state index is 0. The summed E-state index contributed by atoms with van der Waals surface area (Å²) in [6.45, 7) is 10.8. The third kappa shape index (κ3) is 9.56. The van der Waals surface area contributed by atoms with Crippen LogP contribution in [0.3, 0.4) is 0 Å². The highest BCUT2D eigenvalue weighted by Crippen LogP contribution is 2.15. The zero-order chi connectivity index (χ0) is 19.7. The van der Waals surface area contributed by atoms with Gasteiger partial charge < -0.3 is 15.5 Å². The molecule has 5 nitrogen and oxygen atoms in total. The first kappa shape index (κ1) is 25.2. The van der Waals surface area contributed by atoms with Gasteiger partial charge in [-0.1, -0.05) is 44.5 Å². The fourth-order valence-corrected chi connectivity index (χ4v) is 3.78. The van der Waals surface area contributed by atoms with E-state index in [-0.39, 0.29) is 29.4 Å². The molecular weight excluding hydrogens is 461 g/mol. The summed E-state index contributed by atoms with van der Waals surface area (Å²) in [5.74, 6) is 0.860. The standard InChI is InChI=1S/C22H39N5.HI/c1-22(2,18-26(4)5)17-25-21(23-3)24-15-19-9-11-20(12-10-19)16-27-13-7-6-8-14-27;/h9-12H,6-8,13-18H2,1-5H3,(H2,23,24,25);1H. The van der Waals surface area contributed by atoms with Crippen molar-refractivity contribution < 1.29 is 0 Å². The number of rotatable bonds is 8. The van der Waals surface area contributed by atoms with Crippen LogP contribution in [0, 0.1) is 5.41 Å². The lowest BCUT2D eigenvalue weighted by atomic mass is 9.93. The number of aliphatic imine (C=N–C) groups is 1. The second-order valence-corrected chi connectivity index (χ2v) is 8.83. The zero-order valence-corrected chi connectivity index (χ0v) is 20.8. The van der Waals surface area contributed by atoms with Gasteiger partial charge in [0.15, 0.2) is 5.96 Å². The van der Waals surface area contributed by atoms with Crippen molar-refractivity contribution in [1.82, 2.24) is 20.4 Å². The minimum Gasteiger partial charge on any atom is -0.356 e. The Hall–Kier alpha value is -0.860. The summed E-state index contributed by atoms with van der Waals surface area (Å²) < 4.78 is 0. The Kier molecular flexibility index (Phi) is 11.4. The van der Waals surface area contributed by atoms with E-state index in [1.54, 1.807) is 0 Å². The van der Waals surface area contributed by atoms with Gasteiger partial charge in [0.2, 0.25) is 0 Å². The van der Waals surface area contributed by atoms with E-state index in [1.165, 1.54) is 43.5 Å². The van der Waals surface area contributed by atoms with Crippen molar-refractivity contribution in [3.8, 4) is 0 Å². The van der Waals surface area contributed by atoms with Gasteiger partial charge in [-0.2, -0.15) is 0 Å². The van der Waals surface area contributed by atoms with Crippen LogP contribution in [0.2, 0.25) is 0 Å². The molecule has 0 atom stereocenters. The van der Waals surface area contributed by atoms with Gasteiger partial charge in [-0.05, 0) is 56.6 Å². The number of nitrogens with one attached hydrogen (secondary N) is 2. The second kappa shape index (κ2) is 12.6. The van der Waals surface area contributed by atoms with Gasteiger partial charge in [-0.25, -0.2) is 0 Å². The predicted molar refractivity (Wildman–Crippen MR) is 132 cm³/mol. The molecule has 28 heavy (non-hydrogen) atoms. The Balaban J connectivity index is 0.00000392. The molecule has 1 heterocycles. The second-order valence-electron chi connectivity index (χ2n) is 8.83. The van der Waals surface area contributed by atoms with E-state index in [2.05, 4.69) is 77.6 Å². The van der Waals surface area contributed by atoms with Crippen LogP contribution in [0.4, 0.5) is 0 Å². The van der Waals surface area contributed by atoms with Crippen molar-refractivity contribution in [2.75, 3.05) is 47.3 Å². The van der Waals surface area contributed by atoms with Crippen LogP contribution in [0.25, 0.3) is 0 Å². The number of benzene rings is 1. The molecule has 0 spiro atoms. The SMILES string of the molecule is CN=C(NCc1ccc(CN2CCCCC2)cc1)NCC(C)(C)CN(C)C.I. The molecule has 1 aromatic carbocycles. The summed E-state index contributed by atoms with van der Waals surface area (Å²) in [5.41, 5.74) is 2.89. The molecule has 1 fully saturated rings. The van der Waals surface area contributed by atoms with Gasteiger partial charge in [-0.15, -0.1) is 24.0 Å². The van der Waals surface area contributed by atoms with Gasteiger partial charge in [-0.3, -0.25) is 9.89 Å². The van der Waals surface area contributed by atoms with E-state index in [0.717, 1.165) is 32.1 Å². The van der Waals surface area contributed by atoms with Crippen LogP contribution >= 0.6 is 24.0 Å². The molecule has 1 aliphatic rings. The molecule has 0 aromatic heterocycles. The lowest BCUT2D eigenvalue weighted by Crippen LogP contribution is -2.44. The van der Waals surface area contributed by atoms with Crippen molar-refractivity contribution in [2.45, 2.75) is 46.2 Å². The summed E-state index contributed by atoms with van der Waals surface area (Å²) in [6.07, 6.45) is 4.09. The molecule has 0 unspecified atom stereocenters. The summed E-state index contributed by atoms with van der Waals surface area (Å²) in [4.78, 5) is 9.15. The zero-order valence-electron chi connectivity index (χ0n) is 18.4. The van der Waals surface area contributed by atoms with E-state index in [9.17, 15) is 0 Å². The highest BCUT2D eigenvalue weighted by molar-refractivity contribution is 14.0. The quantitative estimate of drug-likeness (QED) is 0.325. The molecule has 6 heteroatoms. The number of likely N-dealkylation sites (tertiary alicyclic amines) is 1. The molecule has 2 rings (SSSR count). The maximum absolute atomic E-state index is 4.35. The van der Waals surface area contributed by atoms with Gasteiger partial charge in [0.25, 0.3) is 0 Å². The number of hydrogen-bond donors (Lipinski definition) is 2. The largest absolute Gasteiger partial charge is 0.356 e. The van der Waals surface area contributed by atoms with Crippen molar-refractivity contribution in [3.05, 3.63) is 35.4 Å². The van der Waals surface area contributed by atoms with Crippen LogP contribution in [0.5, 0.6) is 0 Å². The van der Waals surface area contributed by atoms with Crippen molar-refractivity contribution >= 4 is 29.9 Å². The van der Waals surface area contributed by atoms with Crippen LogP contribution in [-0.4, -0.2) is 63.1 Å². The molecule has 0 bridgehead atoms.